The van der Waals surface area contributed by atoms with E-state index < -0.39 is 0 Å². The molecule has 2 heterocycles. The van der Waals surface area contributed by atoms with Gasteiger partial charge in [-0.25, -0.2) is 4.98 Å². The number of aromatic nitrogens is 2. The zero-order valence-electron chi connectivity index (χ0n) is 15.8. The highest BCUT2D eigenvalue weighted by molar-refractivity contribution is 5.83. The summed E-state index contributed by atoms with van der Waals surface area (Å²) in [7, 11) is 0. The lowest BCUT2D eigenvalue weighted by molar-refractivity contribution is -0.134. The Bertz CT molecular complexity index is 918. The van der Waals surface area contributed by atoms with Crippen LogP contribution in [0.5, 0.6) is 0 Å². The van der Waals surface area contributed by atoms with Gasteiger partial charge in [-0.3, -0.25) is 4.79 Å². The van der Waals surface area contributed by atoms with Crippen molar-refractivity contribution in [3.63, 3.8) is 0 Å². The lowest BCUT2D eigenvalue weighted by Gasteiger charge is -2.33. The third-order valence-electron chi connectivity index (χ3n) is 5.36. The fraction of sp³-hybridized carbons (Fsp3) is 0.364. The predicted octanol–water partition coefficient (Wildman–Crippen LogP) is 4.05. The highest BCUT2D eigenvalue weighted by atomic mass is 16.2. The van der Waals surface area contributed by atoms with E-state index in [9.17, 15) is 4.79 Å². The normalized spacial score (nSPS) is 17.2. The van der Waals surface area contributed by atoms with Crippen molar-refractivity contribution in [2.45, 2.75) is 45.3 Å². The lowest BCUT2D eigenvalue weighted by Crippen LogP contribution is -2.43. The first-order chi connectivity index (χ1) is 13.2. The molecule has 0 bridgehead atoms. The van der Waals surface area contributed by atoms with Gasteiger partial charge >= 0.3 is 0 Å². The first kappa shape index (κ1) is 17.6. The number of hydrogen-bond donors (Lipinski definition) is 1. The molecule has 1 unspecified atom stereocenters. The first-order valence-corrected chi connectivity index (χ1v) is 9.75. The van der Waals surface area contributed by atoms with E-state index in [1.807, 2.05) is 51.9 Å². The summed E-state index contributed by atoms with van der Waals surface area (Å²) in [6.45, 7) is 4.01. The van der Waals surface area contributed by atoms with E-state index in [0.717, 1.165) is 36.4 Å². The molecule has 0 saturated carbocycles. The summed E-state index contributed by atoms with van der Waals surface area (Å²) >= 11 is 0. The molecule has 27 heavy (non-hydrogen) atoms. The number of piperidine rings is 1. The maximum absolute atomic E-state index is 13.0. The van der Waals surface area contributed by atoms with Gasteiger partial charge in [0.25, 0.3) is 0 Å². The Morgan fingerprint density at radius 2 is 1.89 bits per heavy atom. The van der Waals surface area contributed by atoms with E-state index in [1.54, 1.807) is 0 Å². The van der Waals surface area contributed by atoms with Crippen LogP contribution in [0.1, 0.15) is 31.7 Å². The molecule has 1 fully saturated rings. The third-order valence-corrected chi connectivity index (χ3v) is 5.36. The summed E-state index contributed by atoms with van der Waals surface area (Å²) in [6.07, 6.45) is 3.40. The number of carbonyl (C=O) groups is 1. The largest absolute Gasteiger partial charge is 0.352 e. The molecule has 5 heteroatoms. The molecule has 5 nitrogen and oxygen atoms in total. The average Bonchev–Trinajstić information content (AvgIpc) is 3.05. The minimum absolute atomic E-state index is 0.174. The molecule has 1 atom stereocenters. The Kier molecular flexibility index (Phi) is 5.10. The molecule has 140 valence electrons. The van der Waals surface area contributed by atoms with Crippen LogP contribution in [0.25, 0.3) is 11.0 Å². The number of nitrogens with zero attached hydrogens (tertiary/aromatic N) is 3. The van der Waals surface area contributed by atoms with Crippen LogP contribution in [0.4, 0.5) is 5.95 Å². The van der Waals surface area contributed by atoms with Gasteiger partial charge < -0.3 is 14.8 Å². The van der Waals surface area contributed by atoms with E-state index in [0.29, 0.717) is 19.1 Å². The molecule has 3 aromatic rings. The smallest absolute Gasteiger partial charge is 0.242 e. The van der Waals surface area contributed by atoms with Gasteiger partial charge in [0.2, 0.25) is 11.9 Å². The Labute approximate surface area is 160 Å². The molecule has 0 spiro atoms. The Balaban J connectivity index is 1.59. The highest BCUT2D eigenvalue weighted by Gasteiger charge is 2.24. The van der Waals surface area contributed by atoms with E-state index in [-0.39, 0.29) is 5.91 Å². The van der Waals surface area contributed by atoms with Crippen LogP contribution in [0.2, 0.25) is 0 Å². The quantitative estimate of drug-likeness (QED) is 0.745. The van der Waals surface area contributed by atoms with Crippen molar-refractivity contribution in [2.24, 2.45) is 0 Å². The highest BCUT2D eigenvalue weighted by Crippen LogP contribution is 2.22. The predicted molar refractivity (Wildman–Crippen MR) is 109 cm³/mol. The van der Waals surface area contributed by atoms with Crippen LogP contribution >= 0.6 is 0 Å². The molecule has 1 aliphatic rings. The maximum atomic E-state index is 13.0. The minimum atomic E-state index is 0.174. The summed E-state index contributed by atoms with van der Waals surface area (Å²) in [6, 6.07) is 18.6. The topological polar surface area (TPSA) is 50.2 Å². The molecular weight excluding hydrogens is 336 g/mol. The van der Waals surface area contributed by atoms with Crippen LogP contribution in [0.15, 0.2) is 54.6 Å². The summed E-state index contributed by atoms with van der Waals surface area (Å²) < 4.78 is 2.02. The van der Waals surface area contributed by atoms with Crippen LogP contribution in [-0.2, 0) is 17.9 Å². The minimum Gasteiger partial charge on any atom is -0.352 e. The van der Waals surface area contributed by atoms with E-state index in [4.69, 9.17) is 4.98 Å². The number of likely N-dealkylation sites (tertiary alicyclic amines) is 1. The van der Waals surface area contributed by atoms with Gasteiger partial charge in [-0.05, 0) is 43.9 Å². The van der Waals surface area contributed by atoms with Gasteiger partial charge in [-0.1, -0.05) is 42.5 Å². The number of rotatable bonds is 5. The van der Waals surface area contributed by atoms with E-state index in [1.165, 1.54) is 12.0 Å². The monoisotopic (exact) mass is 362 g/mol. The summed E-state index contributed by atoms with van der Waals surface area (Å²) in [4.78, 5) is 19.7. The van der Waals surface area contributed by atoms with Crippen molar-refractivity contribution in [1.82, 2.24) is 14.5 Å². The number of anilines is 1. The summed E-state index contributed by atoms with van der Waals surface area (Å²) in [5.74, 6) is 0.922. The molecule has 1 aromatic heterocycles. The average molecular weight is 362 g/mol. The van der Waals surface area contributed by atoms with Crippen molar-refractivity contribution in [2.75, 3.05) is 11.9 Å². The molecule has 1 aliphatic heterocycles. The van der Waals surface area contributed by atoms with Crippen molar-refractivity contribution in [3.8, 4) is 0 Å². The van der Waals surface area contributed by atoms with Gasteiger partial charge in [0, 0.05) is 19.1 Å². The molecule has 0 aliphatic carbocycles. The number of amides is 1. The Hall–Kier alpha value is -2.82. The van der Waals surface area contributed by atoms with Crippen molar-refractivity contribution in [1.29, 1.82) is 0 Å². The van der Waals surface area contributed by atoms with Gasteiger partial charge in [-0.2, -0.15) is 0 Å². The molecule has 1 saturated heterocycles. The third kappa shape index (κ3) is 3.82. The number of carbonyl (C=O) groups excluding carboxylic acids is 1. The fourth-order valence-electron chi connectivity index (χ4n) is 3.84. The standard InChI is InChI=1S/C22H26N4O/c1-17-9-7-8-14-25(17)21(27)16-26-20-13-6-5-12-19(20)24-22(26)23-15-18-10-3-2-4-11-18/h2-6,10-13,17H,7-9,14-16H2,1H3,(H,23,24). The number of para-hydroxylation sites is 2. The number of fused-ring (bicyclic) bond motifs is 1. The second-order valence-electron chi connectivity index (χ2n) is 7.28. The van der Waals surface area contributed by atoms with Crippen molar-refractivity contribution in [3.05, 3.63) is 60.2 Å². The number of hydrogen-bond acceptors (Lipinski definition) is 3. The first-order valence-electron chi connectivity index (χ1n) is 9.75. The Morgan fingerprint density at radius 3 is 2.70 bits per heavy atom. The van der Waals surface area contributed by atoms with Crippen molar-refractivity contribution >= 4 is 22.9 Å². The number of benzene rings is 2. The van der Waals surface area contributed by atoms with Gasteiger partial charge in [0.1, 0.15) is 6.54 Å². The van der Waals surface area contributed by atoms with E-state index >= 15 is 0 Å². The molecule has 2 aromatic carbocycles. The molecule has 1 amide bonds. The second-order valence-corrected chi connectivity index (χ2v) is 7.28. The molecule has 4 rings (SSSR count). The van der Waals surface area contributed by atoms with Crippen molar-refractivity contribution < 1.29 is 4.79 Å². The van der Waals surface area contributed by atoms with Gasteiger partial charge in [0.15, 0.2) is 0 Å². The van der Waals surface area contributed by atoms with Gasteiger partial charge in [0.05, 0.1) is 11.0 Å². The van der Waals surface area contributed by atoms with Crippen LogP contribution in [0, 0.1) is 0 Å². The molecule has 0 radical (unpaired) electrons. The molecule has 1 N–H and O–H groups in total. The number of imidazole rings is 1. The maximum Gasteiger partial charge on any atom is 0.242 e. The summed E-state index contributed by atoms with van der Waals surface area (Å²) in [5, 5.41) is 3.42. The zero-order chi connectivity index (χ0) is 18.6. The second kappa shape index (κ2) is 7.82. The Morgan fingerprint density at radius 1 is 1.11 bits per heavy atom. The number of nitrogens with one attached hydrogen (secondary N) is 1. The zero-order valence-corrected chi connectivity index (χ0v) is 15.8. The van der Waals surface area contributed by atoms with Crippen LogP contribution in [-0.4, -0.2) is 32.9 Å². The van der Waals surface area contributed by atoms with Crippen LogP contribution in [0.3, 0.4) is 0 Å². The lowest BCUT2D eigenvalue weighted by atomic mass is 10.0. The fourth-order valence-corrected chi connectivity index (χ4v) is 3.84. The summed E-state index contributed by atoms with van der Waals surface area (Å²) in [5.41, 5.74) is 3.09. The SMILES string of the molecule is CC1CCCCN1C(=O)Cn1c(NCc2ccccc2)nc2ccccc21. The van der Waals surface area contributed by atoms with Crippen LogP contribution < -0.4 is 5.32 Å². The van der Waals surface area contributed by atoms with E-state index in [2.05, 4.69) is 24.4 Å². The van der Waals surface area contributed by atoms with Gasteiger partial charge in [-0.15, -0.1) is 0 Å². The molecular formula is C22H26N4O.